The summed E-state index contributed by atoms with van der Waals surface area (Å²) in [6.07, 6.45) is 5.69. The van der Waals surface area contributed by atoms with E-state index in [4.69, 9.17) is 9.79 Å². The zero-order chi connectivity index (χ0) is 14.3. The number of hydrogen-bond acceptors (Lipinski definition) is 4. The first-order valence-corrected chi connectivity index (χ1v) is 10.1. The molecule has 1 rings (SSSR count). The molecule has 0 amide bonds. The Hall–Kier alpha value is 0.130. The second-order valence-electron chi connectivity index (χ2n) is 4.99. The van der Waals surface area contributed by atoms with E-state index in [-0.39, 0.29) is 12.0 Å². The van der Waals surface area contributed by atoms with Crippen molar-refractivity contribution in [1.82, 2.24) is 5.32 Å². The van der Waals surface area contributed by atoms with E-state index < -0.39 is 6.80 Å². The van der Waals surface area contributed by atoms with Crippen molar-refractivity contribution >= 4 is 24.0 Å². The molecule has 0 spiro atoms. The van der Waals surface area contributed by atoms with Crippen LogP contribution in [0.15, 0.2) is 0 Å². The van der Waals surface area contributed by atoms with Gasteiger partial charge in [-0.1, -0.05) is 19.8 Å². The molecular weight excluding hydrogens is 285 g/mol. The van der Waals surface area contributed by atoms with E-state index in [2.05, 4.69) is 12.2 Å². The van der Waals surface area contributed by atoms with Gasteiger partial charge in [-0.05, 0) is 30.6 Å². The van der Waals surface area contributed by atoms with Crippen LogP contribution in [0.3, 0.4) is 0 Å². The van der Waals surface area contributed by atoms with Crippen LogP contribution in [-0.4, -0.2) is 33.9 Å². The van der Waals surface area contributed by atoms with Crippen LogP contribution in [0.1, 0.15) is 45.4 Å². The fourth-order valence-corrected chi connectivity index (χ4v) is 4.04. The lowest BCUT2D eigenvalue weighted by molar-refractivity contribution is -0.125. The summed E-state index contributed by atoms with van der Waals surface area (Å²) in [5.74, 6) is 0.805. The van der Waals surface area contributed by atoms with E-state index >= 15 is 0 Å². The molecule has 0 radical (unpaired) electrons. The van der Waals surface area contributed by atoms with Crippen molar-refractivity contribution < 1.29 is 19.1 Å². The molecule has 2 unspecified atom stereocenters. The monoisotopic (exact) mass is 309 g/mol. The minimum Gasteiger partial charge on any atom is -0.317 e. The fourth-order valence-electron chi connectivity index (χ4n) is 2.60. The van der Waals surface area contributed by atoms with Gasteiger partial charge in [0.05, 0.1) is 0 Å². The van der Waals surface area contributed by atoms with Crippen LogP contribution >= 0.6 is 18.2 Å². The van der Waals surface area contributed by atoms with Gasteiger partial charge in [0, 0.05) is 30.7 Å². The summed E-state index contributed by atoms with van der Waals surface area (Å²) >= 11 is 0.660. The molecule has 0 saturated heterocycles. The maximum atomic E-state index is 11.9. The third-order valence-corrected chi connectivity index (χ3v) is 5.74. The van der Waals surface area contributed by atoms with Gasteiger partial charge in [0.15, 0.2) is 0 Å². The smallest absolute Gasteiger partial charge is 0.317 e. The van der Waals surface area contributed by atoms with Gasteiger partial charge in [-0.25, -0.2) is 4.57 Å². The van der Waals surface area contributed by atoms with Crippen LogP contribution in [0.2, 0.25) is 0 Å². The second kappa shape index (κ2) is 8.42. The Balaban J connectivity index is 2.39. The lowest BCUT2D eigenvalue weighted by Gasteiger charge is -2.29. The molecule has 0 aromatic carbocycles. The second-order valence-corrected chi connectivity index (χ2v) is 8.84. The Morgan fingerprint density at radius 2 is 2.21 bits per heavy atom. The standard InChI is InChI=1S/C12H24NO4PS/c1-2-5-11(10-6-3-4-7-12(10)14)13-8-9-19-18(15,16)17/h10-11,13H,2-9H2,1H3,(H2,15,16,17). The molecule has 19 heavy (non-hydrogen) atoms. The lowest BCUT2D eigenvalue weighted by Crippen LogP contribution is -2.42. The van der Waals surface area contributed by atoms with Gasteiger partial charge in [-0.2, -0.15) is 0 Å². The molecule has 2 atom stereocenters. The Labute approximate surface area is 118 Å². The van der Waals surface area contributed by atoms with Gasteiger partial charge < -0.3 is 15.1 Å². The molecule has 112 valence electrons. The molecule has 0 heterocycles. The molecule has 1 saturated carbocycles. The maximum Gasteiger partial charge on any atom is 0.384 e. The molecule has 5 nitrogen and oxygen atoms in total. The van der Waals surface area contributed by atoms with E-state index in [0.29, 0.717) is 35.9 Å². The van der Waals surface area contributed by atoms with Crippen molar-refractivity contribution in [2.24, 2.45) is 5.92 Å². The van der Waals surface area contributed by atoms with Crippen molar-refractivity contribution in [3.8, 4) is 0 Å². The van der Waals surface area contributed by atoms with Crippen LogP contribution in [0.4, 0.5) is 0 Å². The van der Waals surface area contributed by atoms with Crippen LogP contribution in [-0.2, 0) is 9.36 Å². The number of hydrogen-bond donors (Lipinski definition) is 3. The van der Waals surface area contributed by atoms with Gasteiger partial charge >= 0.3 is 6.80 Å². The summed E-state index contributed by atoms with van der Waals surface area (Å²) in [6.45, 7) is -1.35. The van der Waals surface area contributed by atoms with Crippen molar-refractivity contribution in [3.05, 3.63) is 0 Å². The van der Waals surface area contributed by atoms with Crippen molar-refractivity contribution in [3.63, 3.8) is 0 Å². The minimum atomic E-state index is -3.98. The summed E-state index contributed by atoms with van der Waals surface area (Å²) in [4.78, 5) is 29.5. The highest BCUT2D eigenvalue weighted by Crippen LogP contribution is 2.49. The normalized spacial score (nSPS) is 22.5. The Morgan fingerprint density at radius 1 is 1.47 bits per heavy atom. The summed E-state index contributed by atoms with van der Waals surface area (Å²) in [6, 6.07) is 0.162. The predicted octanol–water partition coefficient (Wildman–Crippen LogP) is 2.33. The highest BCUT2D eigenvalue weighted by atomic mass is 32.7. The third-order valence-electron chi connectivity index (χ3n) is 3.46. The number of rotatable bonds is 8. The van der Waals surface area contributed by atoms with Gasteiger partial charge in [-0.15, -0.1) is 0 Å². The average molecular weight is 309 g/mol. The van der Waals surface area contributed by atoms with E-state index in [1.165, 1.54) is 0 Å². The van der Waals surface area contributed by atoms with Crippen LogP contribution < -0.4 is 5.32 Å². The molecule has 3 N–H and O–H groups in total. The topological polar surface area (TPSA) is 86.6 Å². The largest absolute Gasteiger partial charge is 0.384 e. The number of carbonyl (C=O) groups is 1. The number of carbonyl (C=O) groups excluding carboxylic acids is 1. The molecule has 0 aromatic heterocycles. The summed E-state index contributed by atoms with van der Waals surface area (Å²) in [5.41, 5.74) is 0. The zero-order valence-corrected chi connectivity index (χ0v) is 13.1. The van der Waals surface area contributed by atoms with Crippen LogP contribution in [0.25, 0.3) is 0 Å². The third kappa shape index (κ3) is 6.91. The first kappa shape index (κ1) is 17.2. The first-order chi connectivity index (χ1) is 8.94. The Kier molecular flexibility index (Phi) is 7.62. The SMILES string of the molecule is CCCC(NCCSP(=O)(O)O)C1CCCCC1=O. The summed E-state index contributed by atoms with van der Waals surface area (Å²) < 4.78 is 10.7. The van der Waals surface area contributed by atoms with Crippen LogP contribution in [0.5, 0.6) is 0 Å². The maximum absolute atomic E-state index is 11.9. The average Bonchev–Trinajstić information content (AvgIpc) is 2.33. The number of nitrogens with one attached hydrogen (secondary N) is 1. The molecule has 1 aliphatic carbocycles. The van der Waals surface area contributed by atoms with E-state index in [1.54, 1.807) is 0 Å². The number of Topliss-reactive ketones (excluding diaryl/α,β-unsaturated/α-hetero) is 1. The Morgan fingerprint density at radius 3 is 2.79 bits per heavy atom. The Bertz CT molecular complexity index is 334. The highest BCUT2D eigenvalue weighted by molar-refractivity contribution is 8.54. The predicted molar refractivity (Wildman–Crippen MR) is 78.2 cm³/mol. The molecule has 0 aromatic rings. The molecule has 1 fully saturated rings. The van der Waals surface area contributed by atoms with Crippen molar-refractivity contribution in [2.75, 3.05) is 12.3 Å². The van der Waals surface area contributed by atoms with Crippen molar-refractivity contribution in [1.29, 1.82) is 0 Å². The fraction of sp³-hybridized carbons (Fsp3) is 0.917. The molecule has 0 bridgehead atoms. The molecular formula is C12H24NO4PS. The minimum absolute atomic E-state index is 0.0914. The van der Waals surface area contributed by atoms with E-state index in [1.807, 2.05) is 0 Å². The quantitative estimate of drug-likeness (QED) is 0.471. The molecule has 0 aliphatic heterocycles. The van der Waals surface area contributed by atoms with Gasteiger partial charge in [-0.3, -0.25) is 4.79 Å². The van der Waals surface area contributed by atoms with Gasteiger partial charge in [0.2, 0.25) is 0 Å². The zero-order valence-electron chi connectivity index (χ0n) is 11.4. The highest BCUT2D eigenvalue weighted by Gasteiger charge is 2.29. The molecule has 7 heteroatoms. The molecule has 1 aliphatic rings. The summed E-state index contributed by atoms with van der Waals surface area (Å²) in [7, 11) is 0. The van der Waals surface area contributed by atoms with Gasteiger partial charge in [0.1, 0.15) is 5.78 Å². The van der Waals surface area contributed by atoms with E-state index in [0.717, 1.165) is 32.1 Å². The van der Waals surface area contributed by atoms with Crippen molar-refractivity contribution in [2.45, 2.75) is 51.5 Å². The first-order valence-electron chi connectivity index (χ1n) is 6.90. The lowest BCUT2D eigenvalue weighted by atomic mass is 9.81. The summed E-state index contributed by atoms with van der Waals surface area (Å²) in [5, 5.41) is 3.31. The van der Waals surface area contributed by atoms with E-state index in [9.17, 15) is 9.36 Å². The van der Waals surface area contributed by atoms with Gasteiger partial charge in [0.25, 0.3) is 0 Å². The van der Waals surface area contributed by atoms with Crippen LogP contribution in [0, 0.1) is 5.92 Å². The number of ketones is 1.